The van der Waals surface area contributed by atoms with Gasteiger partial charge in [0.2, 0.25) is 5.88 Å². The van der Waals surface area contributed by atoms with Crippen molar-refractivity contribution in [2.24, 2.45) is 0 Å². The van der Waals surface area contributed by atoms with Gasteiger partial charge in [0, 0.05) is 17.3 Å². The Kier molecular flexibility index (Phi) is 4.99. The minimum absolute atomic E-state index is 0.0583. The van der Waals surface area contributed by atoms with Crippen LogP contribution in [0.4, 0.5) is 11.6 Å². The predicted octanol–water partition coefficient (Wildman–Crippen LogP) is 5.97. The molecule has 2 aromatic heterocycles. The molecule has 0 aliphatic heterocycles. The molecule has 0 fully saturated rings. The van der Waals surface area contributed by atoms with Crippen LogP contribution in [0, 0.1) is 0 Å². The van der Waals surface area contributed by atoms with E-state index in [-0.39, 0.29) is 5.41 Å². The van der Waals surface area contributed by atoms with E-state index in [1.54, 1.807) is 6.20 Å². The van der Waals surface area contributed by atoms with Crippen LogP contribution < -0.4 is 10.1 Å². The van der Waals surface area contributed by atoms with Crippen molar-refractivity contribution in [2.45, 2.75) is 26.2 Å². The summed E-state index contributed by atoms with van der Waals surface area (Å²) in [5.41, 5.74) is 2.55. The highest BCUT2D eigenvalue weighted by Crippen LogP contribution is 2.36. The van der Waals surface area contributed by atoms with Crippen molar-refractivity contribution in [1.29, 1.82) is 0 Å². The molecule has 0 atom stereocenters. The van der Waals surface area contributed by atoms with Crippen LogP contribution in [0.3, 0.4) is 0 Å². The maximum Gasteiger partial charge on any atom is 0.268 e. The molecule has 0 spiro atoms. The van der Waals surface area contributed by atoms with E-state index >= 15 is 0 Å². The van der Waals surface area contributed by atoms with Crippen molar-refractivity contribution < 1.29 is 9.26 Å². The Labute approximate surface area is 169 Å². The van der Waals surface area contributed by atoms with E-state index in [9.17, 15) is 0 Å². The molecular weight excluding hydrogens is 364 g/mol. The average Bonchev–Trinajstić information content (AvgIpc) is 3.18. The summed E-state index contributed by atoms with van der Waals surface area (Å²) in [5.74, 6) is 1.98. The molecule has 4 rings (SSSR count). The topological polar surface area (TPSA) is 73.1 Å². The fraction of sp³-hybridized carbons (Fsp3) is 0.174. The Hall–Kier alpha value is -3.67. The number of aromatic nitrogens is 3. The van der Waals surface area contributed by atoms with Crippen molar-refractivity contribution in [3.8, 4) is 23.1 Å². The minimum Gasteiger partial charge on any atom is -0.437 e. The van der Waals surface area contributed by atoms with Gasteiger partial charge in [-0.3, -0.25) is 0 Å². The van der Waals surface area contributed by atoms with Crippen molar-refractivity contribution >= 4 is 11.6 Å². The van der Waals surface area contributed by atoms with Gasteiger partial charge in [0.05, 0.1) is 0 Å². The van der Waals surface area contributed by atoms with E-state index in [1.165, 1.54) is 0 Å². The summed E-state index contributed by atoms with van der Waals surface area (Å²) < 4.78 is 11.5. The van der Waals surface area contributed by atoms with E-state index in [2.05, 4.69) is 47.3 Å². The molecule has 146 valence electrons. The summed E-state index contributed by atoms with van der Waals surface area (Å²) in [6.45, 7) is 6.45. The lowest BCUT2D eigenvalue weighted by molar-refractivity contribution is 0.432. The first kappa shape index (κ1) is 18.7. The third-order valence-corrected chi connectivity index (χ3v) is 4.37. The molecule has 0 radical (unpaired) electrons. The van der Waals surface area contributed by atoms with Gasteiger partial charge in [0.15, 0.2) is 0 Å². The molecule has 2 heterocycles. The van der Waals surface area contributed by atoms with Crippen LogP contribution in [0.15, 0.2) is 77.4 Å². The zero-order valence-electron chi connectivity index (χ0n) is 16.6. The van der Waals surface area contributed by atoms with Gasteiger partial charge in [0.25, 0.3) is 11.8 Å². The molecular formula is C23H22N4O2. The molecule has 4 aromatic rings. The zero-order valence-corrected chi connectivity index (χ0v) is 16.6. The molecule has 0 saturated carbocycles. The standard InChI is InChI=1S/C23H22N4O2/c1-23(2,3)17-12-7-8-14-19(17)28-21-18(13-9-15-24-21)25-22-26-20(29-27-22)16-10-5-4-6-11-16/h4-15H,1-3H3,(H,25,27). The molecule has 0 amide bonds. The first-order chi connectivity index (χ1) is 14.0. The van der Waals surface area contributed by atoms with E-state index in [0.29, 0.717) is 23.4 Å². The Morgan fingerprint density at radius 2 is 1.66 bits per heavy atom. The lowest BCUT2D eigenvalue weighted by Crippen LogP contribution is -2.12. The van der Waals surface area contributed by atoms with Gasteiger partial charge in [-0.2, -0.15) is 4.98 Å². The maximum absolute atomic E-state index is 6.17. The number of ether oxygens (including phenoxy) is 1. The second-order valence-electron chi connectivity index (χ2n) is 7.62. The first-order valence-corrected chi connectivity index (χ1v) is 9.39. The Morgan fingerprint density at radius 1 is 0.897 bits per heavy atom. The normalized spacial score (nSPS) is 11.3. The highest BCUT2D eigenvalue weighted by atomic mass is 16.5. The summed E-state index contributed by atoms with van der Waals surface area (Å²) in [6.07, 6.45) is 1.69. The number of rotatable bonds is 5. The number of pyridine rings is 1. The monoisotopic (exact) mass is 386 g/mol. The Bertz CT molecular complexity index is 1100. The van der Waals surface area contributed by atoms with Gasteiger partial charge in [0.1, 0.15) is 11.4 Å². The highest BCUT2D eigenvalue weighted by molar-refractivity contribution is 5.62. The Morgan fingerprint density at radius 3 is 2.45 bits per heavy atom. The lowest BCUT2D eigenvalue weighted by Gasteiger charge is -2.22. The predicted molar refractivity (Wildman–Crippen MR) is 112 cm³/mol. The summed E-state index contributed by atoms with van der Waals surface area (Å²) >= 11 is 0. The van der Waals surface area contributed by atoms with E-state index in [0.717, 1.165) is 16.9 Å². The van der Waals surface area contributed by atoms with Crippen LogP contribution in [0.5, 0.6) is 11.6 Å². The molecule has 1 N–H and O–H groups in total. The number of nitrogens with one attached hydrogen (secondary N) is 1. The van der Waals surface area contributed by atoms with Gasteiger partial charge in [-0.05, 0) is 40.9 Å². The molecule has 0 bridgehead atoms. The van der Waals surface area contributed by atoms with Crippen molar-refractivity contribution in [3.05, 3.63) is 78.5 Å². The molecule has 0 unspecified atom stereocenters. The van der Waals surface area contributed by atoms with Gasteiger partial charge in [-0.25, -0.2) is 4.98 Å². The third kappa shape index (κ3) is 4.27. The first-order valence-electron chi connectivity index (χ1n) is 9.39. The SMILES string of the molecule is CC(C)(C)c1ccccc1Oc1ncccc1Nc1noc(-c2ccccc2)n1. The largest absolute Gasteiger partial charge is 0.437 e. The minimum atomic E-state index is -0.0583. The Balaban J connectivity index is 1.60. The second kappa shape index (κ2) is 7.75. The summed E-state index contributed by atoms with van der Waals surface area (Å²) in [5, 5.41) is 7.15. The quantitative estimate of drug-likeness (QED) is 0.456. The van der Waals surface area contributed by atoms with Crippen LogP contribution in [-0.4, -0.2) is 15.1 Å². The number of hydrogen-bond acceptors (Lipinski definition) is 6. The fourth-order valence-electron chi connectivity index (χ4n) is 2.94. The third-order valence-electron chi connectivity index (χ3n) is 4.37. The molecule has 2 aromatic carbocycles. The van der Waals surface area contributed by atoms with Crippen LogP contribution in [0.25, 0.3) is 11.5 Å². The number of para-hydroxylation sites is 1. The van der Waals surface area contributed by atoms with Gasteiger partial charge < -0.3 is 14.6 Å². The lowest BCUT2D eigenvalue weighted by atomic mass is 9.86. The van der Waals surface area contributed by atoms with Crippen LogP contribution in [0.1, 0.15) is 26.3 Å². The molecule has 29 heavy (non-hydrogen) atoms. The smallest absolute Gasteiger partial charge is 0.268 e. The van der Waals surface area contributed by atoms with Gasteiger partial charge in [-0.1, -0.05) is 57.2 Å². The van der Waals surface area contributed by atoms with Crippen molar-refractivity contribution in [3.63, 3.8) is 0 Å². The number of hydrogen-bond donors (Lipinski definition) is 1. The summed E-state index contributed by atoms with van der Waals surface area (Å²) in [6, 6.07) is 21.3. The molecule has 0 aliphatic carbocycles. The van der Waals surface area contributed by atoms with E-state index in [1.807, 2.05) is 60.7 Å². The average molecular weight is 386 g/mol. The second-order valence-corrected chi connectivity index (χ2v) is 7.62. The summed E-state index contributed by atoms with van der Waals surface area (Å²) in [7, 11) is 0. The fourth-order valence-corrected chi connectivity index (χ4v) is 2.94. The zero-order chi connectivity index (χ0) is 20.3. The van der Waals surface area contributed by atoms with Crippen molar-refractivity contribution in [1.82, 2.24) is 15.1 Å². The number of benzene rings is 2. The molecule has 6 nitrogen and oxygen atoms in total. The van der Waals surface area contributed by atoms with Crippen LogP contribution in [0.2, 0.25) is 0 Å². The van der Waals surface area contributed by atoms with E-state index in [4.69, 9.17) is 9.26 Å². The number of anilines is 2. The van der Waals surface area contributed by atoms with Crippen LogP contribution in [-0.2, 0) is 5.41 Å². The maximum atomic E-state index is 6.17. The summed E-state index contributed by atoms with van der Waals surface area (Å²) in [4.78, 5) is 8.80. The molecule has 0 aliphatic rings. The van der Waals surface area contributed by atoms with Crippen LogP contribution >= 0.6 is 0 Å². The van der Waals surface area contributed by atoms with Gasteiger partial charge in [-0.15, -0.1) is 0 Å². The highest BCUT2D eigenvalue weighted by Gasteiger charge is 2.20. The van der Waals surface area contributed by atoms with E-state index < -0.39 is 0 Å². The number of nitrogens with zero attached hydrogens (tertiary/aromatic N) is 3. The van der Waals surface area contributed by atoms with Gasteiger partial charge >= 0.3 is 0 Å². The molecule has 6 heteroatoms. The molecule has 0 saturated heterocycles. The van der Waals surface area contributed by atoms with Crippen molar-refractivity contribution in [2.75, 3.05) is 5.32 Å².